The van der Waals surface area contributed by atoms with Crippen molar-refractivity contribution < 1.29 is 13.2 Å². The molecule has 0 amide bonds. The molecule has 1 aliphatic rings. The first kappa shape index (κ1) is 16.4. The highest BCUT2D eigenvalue weighted by molar-refractivity contribution is 7.88. The third-order valence-electron chi connectivity index (χ3n) is 3.92. The summed E-state index contributed by atoms with van der Waals surface area (Å²) in [6.45, 7) is 5.13. The highest BCUT2D eigenvalue weighted by atomic mass is 32.2. The molecule has 2 atom stereocenters. The van der Waals surface area contributed by atoms with Crippen molar-refractivity contribution in [3.05, 3.63) is 35.4 Å². The van der Waals surface area contributed by atoms with Gasteiger partial charge in [0.1, 0.15) is 0 Å². The maximum atomic E-state index is 12.8. The van der Waals surface area contributed by atoms with Crippen molar-refractivity contribution in [3.63, 3.8) is 0 Å². The molecule has 1 heterocycles. The summed E-state index contributed by atoms with van der Waals surface area (Å²) >= 11 is 0. The molecule has 21 heavy (non-hydrogen) atoms. The quantitative estimate of drug-likeness (QED) is 0.894. The van der Waals surface area contributed by atoms with Crippen LogP contribution in [0.3, 0.4) is 0 Å². The van der Waals surface area contributed by atoms with Crippen LogP contribution >= 0.6 is 0 Å². The SMILES string of the molecule is CCC1COC(C)CN1S(=O)(=O)Cc1ccccc1CN. The van der Waals surface area contributed by atoms with Crippen LogP contribution in [0.5, 0.6) is 0 Å². The summed E-state index contributed by atoms with van der Waals surface area (Å²) in [6, 6.07) is 7.37. The van der Waals surface area contributed by atoms with Gasteiger partial charge < -0.3 is 10.5 Å². The van der Waals surface area contributed by atoms with Crippen molar-refractivity contribution in [2.45, 2.75) is 44.7 Å². The fourth-order valence-electron chi connectivity index (χ4n) is 2.65. The van der Waals surface area contributed by atoms with Gasteiger partial charge in [0.25, 0.3) is 0 Å². The first-order valence-corrected chi connectivity index (χ1v) is 8.96. The van der Waals surface area contributed by atoms with Crippen LogP contribution < -0.4 is 5.73 Å². The molecule has 1 saturated heterocycles. The van der Waals surface area contributed by atoms with Crippen LogP contribution in [0.25, 0.3) is 0 Å². The number of nitrogens with two attached hydrogens (primary N) is 1. The molecule has 0 bridgehead atoms. The van der Waals surface area contributed by atoms with Gasteiger partial charge in [0.2, 0.25) is 10.0 Å². The maximum absolute atomic E-state index is 12.8. The van der Waals surface area contributed by atoms with Crippen molar-refractivity contribution in [2.24, 2.45) is 5.73 Å². The van der Waals surface area contributed by atoms with Crippen LogP contribution in [0.15, 0.2) is 24.3 Å². The van der Waals surface area contributed by atoms with Crippen LogP contribution in [0, 0.1) is 0 Å². The van der Waals surface area contributed by atoms with Gasteiger partial charge in [-0.2, -0.15) is 4.31 Å². The van der Waals surface area contributed by atoms with E-state index in [1.807, 2.05) is 38.1 Å². The average molecular weight is 312 g/mol. The number of benzene rings is 1. The lowest BCUT2D eigenvalue weighted by Gasteiger charge is -2.37. The molecule has 0 radical (unpaired) electrons. The number of rotatable bonds is 5. The molecule has 1 aliphatic heterocycles. The Bertz CT molecular complexity index is 574. The van der Waals surface area contributed by atoms with Crippen molar-refractivity contribution in [3.8, 4) is 0 Å². The van der Waals surface area contributed by atoms with E-state index in [0.717, 1.165) is 17.5 Å². The summed E-state index contributed by atoms with van der Waals surface area (Å²) in [5, 5.41) is 0. The molecule has 0 spiro atoms. The van der Waals surface area contributed by atoms with E-state index in [9.17, 15) is 8.42 Å². The molecular formula is C15H24N2O3S. The lowest BCUT2D eigenvalue weighted by Crippen LogP contribution is -2.51. The minimum absolute atomic E-state index is 0.00356. The van der Waals surface area contributed by atoms with Gasteiger partial charge in [0.15, 0.2) is 0 Å². The molecule has 0 saturated carbocycles. The number of sulfonamides is 1. The minimum atomic E-state index is -3.37. The Morgan fingerprint density at radius 2 is 2.00 bits per heavy atom. The first-order chi connectivity index (χ1) is 9.97. The lowest BCUT2D eigenvalue weighted by atomic mass is 10.1. The normalized spacial score (nSPS) is 24.1. The molecule has 2 rings (SSSR count). The first-order valence-electron chi connectivity index (χ1n) is 7.36. The summed E-state index contributed by atoms with van der Waals surface area (Å²) in [4.78, 5) is 0. The van der Waals surface area contributed by atoms with Crippen LogP contribution in [-0.4, -0.2) is 38.0 Å². The van der Waals surface area contributed by atoms with Crippen LogP contribution in [0.1, 0.15) is 31.4 Å². The molecule has 2 N–H and O–H groups in total. The summed E-state index contributed by atoms with van der Waals surface area (Å²) in [5.74, 6) is 0.00356. The number of morpholine rings is 1. The Morgan fingerprint density at radius 1 is 1.33 bits per heavy atom. The second-order valence-corrected chi connectivity index (χ2v) is 7.43. The largest absolute Gasteiger partial charge is 0.375 e. The van der Waals surface area contributed by atoms with Gasteiger partial charge in [-0.05, 0) is 24.5 Å². The summed E-state index contributed by atoms with van der Waals surface area (Å²) in [7, 11) is -3.37. The minimum Gasteiger partial charge on any atom is -0.375 e. The Balaban J connectivity index is 2.24. The highest BCUT2D eigenvalue weighted by Gasteiger charge is 2.34. The number of nitrogens with zero attached hydrogens (tertiary/aromatic N) is 1. The van der Waals surface area contributed by atoms with E-state index < -0.39 is 10.0 Å². The van der Waals surface area contributed by atoms with E-state index >= 15 is 0 Å². The van der Waals surface area contributed by atoms with Crippen LogP contribution in [0.2, 0.25) is 0 Å². The third-order valence-corrected chi connectivity index (χ3v) is 5.76. The van der Waals surface area contributed by atoms with Crippen molar-refractivity contribution in [1.29, 1.82) is 0 Å². The standard InChI is InChI=1S/C15H24N2O3S/c1-3-15-10-20-12(2)9-17(15)21(18,19)11-14-7-5-4-6-13(14)8-16/h4-7,12,15H,3,8-11,16H2,1-2H3. The number of hydrogen-bond donors (Lipinski definition) is 1. The molecular weight excluding hydrogens is 288 g/mol. The third kappa shape index (κ3) is 3.83. The van der Waals surface area contributed by atoms with Crippen LogP contribution in [-0.2, 0) is 27.1 Å². The molecule has 2 unspecified atom stereocenters. The van der Waals surface area contributed by atoms with Gasteiger partial charge in [-0.3, -0.25) is 0 Å². The fourth-order valence-corrected chi connectivity index (χ4v) is 4.59. The van der Waals surface area contributed by atoms with Gasteiger partial charge in [-0.1, -0.05) is 31.2 Å². The van der Waals surface area contributed by atoms with Crippen molar-refractivity contribution >= 4 is 10.0 Å². The zero-order valence-corrected chi connectivity index (χ0v) is 13.5. The molecule has 5 nitrogen and oxygen atoms in total. The van der Waals surface area contributed by atoms with Gasteiger partial charge in [-0.15, -0.1) is 0 Å². The van der Waals surface area contributed by atoms with E-state index in [-0.39, 0.29) is 17.9 Å². The second-order valence-electron chi connectivity index (χ2n) is 5.50. The van der Waals surface area contributed by atoms with Crippen molar-refractivity contribution in [2.75, 3.05) is 13.2 Å². The summed E-state index contributed by atoms with van der Waals surface area (Å²) in [6.07, 6.45) is 0.692. The molecule has 0 aromatic heterocycles. The molecule has 0 aliphatic carbocycles. The van der Waals surface area contributed by atoms with Gasteiger partial charge in [0.05, 0.1) is 18.5 Å². The topological polar surface area (TPSA) is 72.6 Å². The van der Waals surface area contributed by atoms with Crippen molar-refractivity contribution in [1.82, 2.24) is 4.31 Å². The van der Waals surface area contributed by atoms with Gasteiger partial charge in [0, 0.05) is 19.1 Å². The van der Waals surface area contributed by atoms with E-state index in [1.54, 1.807) is 4.31 Å². The zero-order chi connectivity index (χ0) is 15.5. The molecule has 1 fully saturated rings. The predicted molar refractivity (Wildman–Crippen MR) is 83.2 cm³/mol. The van der Waals surface area contributed by atoms with E-state index in [0.29, 0.717) is 19.7 Å². The van der Waals surface area contributed by atoms with E-state index in [1.165, 1.54) is 0 Å². The maximum Gasteiger partial charge on any atom is 0.218 e. The lowest BCUT2D eigenvalue weighted by molar-refractivity contribution is -0.0231. The fraction of sp³-hybridized carbons (Fsp3) is 0.600. The Labute approximate surface area is 127 Å². The Kier molecular flexibility index (Phi) is 5.37. The van der Waals surface area contributed by atoms with Gasteiger partial charge >= 0.3 is 0 Å². The zero-order valence-electron chi connectivity index (χ0n) is 12.7. The molecule has 118 valence electrons. The summed E-state index contributed by atoms with van der Waals surface area (Å²) in [5.41, 5.74) is 7.37. The Morgan fingerprint density at radius 3 is 2.62 bits per heavy atom. The average Bonchev–Trinajstić information content (AvgIpc) is 2.47. The van der Waals surface area contributed by atoms with Gasteiger partial charge in [-0.25, -0.2) is 8.42 Å². The highest BCUT2D eigenvalue weighted by Crippen LogP contribution is 2.22. The second kappa shape index (κ2) is 6.87. The number of ether oxygens (including phenoxy) is 1. The van der Waals surface area contributed by atoms with Crippen LogP contribution in [0.4, 0.5) is 0 Å². The van der Waals surface area contributed by atoms with E-state index in [4.69, 9.17) is 10.5 Å². The summed E-state index contributed by atoms with van der Waals surface area (Å²) < 4.78 is 32.7. The monoisotopic (exact) mass is 312 g/mol. The molecule has 1 aromatic rings. The molecule has 6 heteroatoms. The Hall–Kier alpha value is -0.950. The van der Waals surface area contributed by atoms with E-state index in [2.05, 4.69) is 0 Å². The predicted octanol–water partition coefficient (Wildman–Crippen LogP) is 1.47. The number of hydrogen-bond acceptors (Lipinski definition) is 4. The smallest absolute Gasteiger partial charge is 0.218 e. The molecule has 1 aromatic carbocycles.